The van der Waals surface area contributed by atoms with Gasteiger partial charge in [-0.05, 0) is 26.3 Å². The van der Waals surface area contributed by atoms with Crippen molar-refractivity contribution in [1.82, 2.24) is 14.9 Å². The first kappa shape index (κ1) is 19.2. The van der Waals surface area contributed by atoms with Crippen molar-refractivity contribution in [3.05, 3.63) is 33.4 Å². The quantitative estimate of drug-likeness (QED) is 0.486. The minimum atomic E-state index is -0.825. The minimum absolute atomic E-state index is 0.158. The molecule has 7 nitrogen and oxygen atoms in total. The summed E-state index contributed by atoms with van der Waals surface area (Å²) in [4.78, 5) is 42.3. The van der Waals surface area contributed by atoms with Crippen molar-refractivity contribution in [1.29, 1.82) is 0 Å². The summed E-state index contributed by atoms with van der Waals surface area (Å²) >= 11 is 2.55. The Labute approximate surface area is 153 Å². The molecule has 0 aromatic carbocycles. The van der Waals surface area contributed by atoms with Crippen LogP contribution in [-0.2, 0) is 16.1 Å². The second-order valence-corrected chi connectivity index (χ2v) is 7.81. The van der Waals surface area contributed by atoms with E-state index in [9.17, 15) is 14.4 Å². The Balaban J connectivity index is 2.44. The van der Waals surface area contributed by atoms with Gasteiger partial charge in [0.25, 0.3) is 5.56 Å². The van der Waals surface area contributed by atoms with Crippen LogP contribution in [-0.4, -0.2) is 33.9 Å². The molecule has 1 atom stereocenters. The molecule has 0 aliphatic heterocycles. The number of amides is 2. The molecule has 2 rings (SSSR count). The van der Waals surface area contributed by atoms with Crippen molar-refractivity contribution < 1.29 is 14.3 Å². The Kier molecular flexibility index (Phi) is 6.02. The first-order chi connectivity index (χ1) is 11.8. The molecular formula is C16H19N3O4S2. The van der Waals surface area contributed by atoms with Gasteiger partial charge < -0.3 is 4.74 Å². The van der Waals surface area contributed by atoms with Crippen LogP contribution in [0.3, 0.4) is 0 Å². The van der Waals surface area contributed by atoms with Gasteiger partial charge in [-0.3, -0.25) is 19.5 Å². The number of aromatic nitrogens is 2. The van der Waals surface area contributed by atoms with E-state index in [1.54, 1.807) is 13.0 Å². The van der Waals surface area contributed by atoms with Crippen molar-refractivity contribution >= 4 is 45.3 Å². The zero-order chi connectivity index (χ0) is 18.7. The average molecular weight is 381 g/mol. The molecule has 0 aliphatic carbocycles. The molecular weight excluding hydrogens is 362 g/mol. The first-order valence-electron chi connectivity index (χ1n) is 7.47. The lowest BCUT2D eigenvalue weighted by atomic mass is 10.2. The molecule has 0 radical (unpaired) electrons. The number of hydrogen-bond donors (Lipinski definition) is 1. The highest BCUT2D eigenvalue weighted by Crippen LogP contribution is 2.29. The number of carbonyl (C=O) groups excluding carboxylic acids is 2. The molecule has 2 amide bonds. The normalized spacial score (nSPS) is 12.0. The van der Waals surface area contributed by atoms with Crippen LogP contribution >= 0.6 is 23.1 Å². The van der Waals surface area contributed by atoms with Gasteiger partial charge >= 0.3 is 6.09 Å². The van der Waals surface area contributed by atoms with E-state index in [4.69, 9.17) is 0 Å². The van der Waals surface area contributed by atoms with E-state index >= 15 is 0 Å². The lowest BCUT2D eigenvalue weighted by Gasteiger charge is -2.14. The van der Waals surface area contributed by atoms with Gasteiger partial charge in [-0.25, -0.2) is 9.78 Å². The Bertz CT molecular complexity index is 901. The summed E-state index contributed by atoms with van der Waals surface area (Å²) in [5.41, 5.74) is 0.762. The zero-order valence-electron chi connectivity index (χ0n) is 14.4. The lowest BCUT2D eigenvalue weighted by Crippen LogP contribution is -2.36. The van der Waals surface area contributed by atoms with Crippen LogP contribution in [0.5, 0.6) is 0 Å². The number of thiophene rings is 1. The number of nitrogens with one attached hydrogen (secondary N) is 1. The molecule has 0 spiro atoms. The van der Waals surface area contributed by atoms with Crippen molar-refractivity contribution in [3.63, 3.8) is 0 Å². The van der Waals surface area contributed by atoms with Gasteiger partial charge in [-0.2, -0.15) is 0 Å². The number of imide groups is 1. The maximum absolute atomic E-state index is 12.8. The lowest BCUT2D eigenvalue weighted by molar-refractivity contribution is -0.119. The number of rotatable bonds is 5. The number of nitrogens with zero attached hydrogens (tertiary/aromatic N) is 2. The summed E-state index contributed by atoms with van der Waals surface area (Å²) in [6.45, 7) is 9.43. The summed E-state index contributed by atoms with van der Waals surface area (Å²) in [6.07, 6.45) is 0.779. The molecule has 0 unspecified atom stereocenters. The van der Waals surface area contributed by atoms with Crippen LogP contribution in [0.1, 0.15) is 17.4 Å². The van der Waals surface area contributed by atoms with E-state index in [2.05, 4.69) is 21.6 Å². The summed E-state index contributed by atoms with van der Waals surface area (Å²) < 4.78 is 5.90. The van der Waals surface area contributed by atoms with Gasteiger partial charge in [0.2, 0.25) is 5.91 Å². The second-order valence-electron chi connectivity index (χ2n) is 5.30. The molecule has 0 saturated heterocycles. The van der Waals surface area contributed by atoms with Gasteiger partial charge in [-0.15, -0.1) is 17.9 Å². The van der Waals surface area contributed by atoms with Gasteiger partial charge in [0, 0.05) is 11.4 Å². The average Bonchev–Trinajstić information content (AvgIpc) is 2.85. The minimum Gasteiger partial charge on any atom is -0.453 e. The largest absolute Gasteiger partial charge is 0.453 e. The number of allylic oxidation sites excluding steroid dienone is 1. The fourth-order valence-electron chi connectivity index (χ4n) is 2.15. The van der Waals surface area contributed by atoms with Crippen LogP contribution < -0.4 is 10.9 Å². The summed E-state index contributed by atoms with van der Waals surface area (Å²) in [7, 11) is 1.18. The number of methoxy groups -OCH3 is 1. The zero-order valence-corrected chi connectivity index (χ0v) is 16.0. The highest BCUT2D eigenvalue weighted by molar-refractivity contribution is 8.00. The number of aryl methyl sites for hydroxylation is 2. The van der Waals surface area contributed by atoms with Crippen LogP contribution in [0.4, 0.5) is 4.79 Å². The number of thioether (sulfide) groups is 1. The van der Waals surface area contributed by atoms with E-state index in [-0.39, 0.29) is 12.1 Å². The van der Waals surface area contributed by atoms with Gasteiger partial charge in [0.05, 0.1) is 17.7 Å². The van der Waals surface area contributed by atoms with E-state index in [0.29, 0.717) is 15.4 Å². The van der Waals surface area contributed by atoms with Gasteiger partial charge in [0.1, 0.15) is 4.83 Å². The standard InChI is InChI=1S/C16H19N3O4S2/c1-6-7-19-14(21)11-8(2)9(3)24-13(11)18-15(19)25-10(4)12(20)17-16(22)23-5/h6,10H,1,7H2,2-5H3,(H,17,20,22)/t10-/m1/s1. The Morgan fingerprint density at radius 2 is 2.16 bits per heavy atom. The third kappa shape index (κ3) is 3.93. The smallest absolute Gasteiger partial charge is 0.413 e. The molecule has 0 aliphatic rings. The molecule has 9 heteroatoms. The molecule has 0 saturated carbocycles. The van der Waals surface area contributed by atoms with Crippen molar-refractivity contribution in [2.75, 3.05) is 7.11 Å². The van der Waals surface area contributed by atoms with Crippen molar-refractivity contribution in [3.8, 4) is 0 Å². The molecule has 0 fully saturated rings. The predicted octanol–water partition coefficient (Wildman–Crippen LogP) is 2.62. The molecule has 0 bridgehead atoms. The Morgan fingerprint density at radius 1 is 1.48 bits per heavy atom. The predicted molar refractivity (Wildman–Crippen MR) is 99.4 cm³/mol. The van der Waals surface area contributed by atoms with Crippen LogP contribution in [0.15, 0.2) is 22.6 Å². The Hall–Kier alpha value is -2.13. The third-order valence-electron chi connectivity index (χ3n) is 3.63. The fourth-order valence-corrected chi connectivity index (χ4v) is 4.14. The number of hydrogen-bond acceptors (Lipinski definition) is 7. The van der Waals surface area contributed by atoms with Crippen molar-refractivity contribution in [2.45, 2.75) is 37.7 Å². The molecule has 2 aromatic heterocycles. The number of carbonyl (C=O) groups is 2. The summed E-state index contributed by atoms with van der Waals surface area (Å²) in [5.74, 6) is -0.519. The first-order valence-corrected chi connectivity index (χ1v) is 9.16. The molecule has 25 heavy (non-hydrogen) atoms. The van der Waals surface area contributed by atoms with E-state index in [0.717, 1.165) is 22.2 Å². The SMILES string of the molecule is C=CCn1c(S[C@H](C)C(=O)NC(=O)OC)nc2sc(C)c(C)c2c1=O. The van der Waals surface area contributed by atoms with Crippen LogP contribution in [0.2, 0.25) is 0 Å². The van der Waals surface area contributed by atoms with E-state index in [1.165, 1.54) is 23.0 Å². The molecule has 1 N–H and O–H groups in total. The van der Waals surface area contributed by atoms with Crippen LogP contribution in [0.25, 0.3) is 10.2 Å². The van der Waals surface area contributed by atoms with Gasteiger partial charge in [0.15, 0.2) is 5.16 Å². The second kappa shape index (κ2) is 7.83. The van der Waals surface area contributed by atoms with E-state index in [1.807, 2.05) is 13.8 Å². The fraction of sp³-hybridized carbons (Fsp3) is 0.375. The highest BCUT2D eigenvalue weighted by Gasteiger charge is 2.22. The monoisotopic (exact) mass is 381 g/mol. The number of ether oxygens (including phenoxy) is 1. The van der Waals surface area contributed by atoms with Crippen LogP contribution in [0, 0.1) is 13.8 Å². The van der Waals surface area contributed by atoms with E-state index < -0.39 is 17.3 Å². The maximum Gasteiger partial charge on any atom is 0.413 e. The number of alkyl carbamates (subject to hydrolysis) is 1. The highest BCUT2D eigenvalue weighted by atomic mass is 32.2. The maximum atomic E-state index is 12.8. The third-order valence-corrected chi connectivity index (χ3v) is 5.82. The molecule has 2 heterocycles. The summed E-state index contributed by atoms with van der Waals surface area (Å²) in [6, 6.07) is 0. The van der Waals surface area contributed by atoms with Gasteiger partial charge in [-0.1, -0.05) is 17.8 Å². The molecule has 2 aromatic rings. The Morgan fingerprint density at radius 3 is 2.76 bits per heavy atom. The number of fused-ring (bicyclic) bond motifs is 1. The summed E-state index contributed by atoms with van der Waals surface area (Å²) in [5, 5.41) is 2.48. The van der Waals surface area contributed by atoms with Crippen molar-refractivity contribution in [2.24, 2.45) is 0 Å². The topological polar surface area (TPSA) is 90.3 Å². The molecule has 134 valence electrons.